The Balaban J connectivity index is 1.81. The molecule has 0 saturated carbocycles. The SMILES string of the molecule is COC(=O)[C@@H]1[C@H](C(=O)OC)[C@@]2(c3ccccc3)S[C@@]1(c1ccccc1)n1c2nc2ccccc21. The lowest BCUT2D eigenvalue weighted by Gasteiger charge is -2.39. The highest BCUT2D eigenvalue weighted by Gasteiger charge is 2.76. The zero-order valence-electron chi connectivity index (χ0n) is 18.7. The Labute approximate surface area is 200 Å². The third-order valence-corrected chi connectivity index (χ3v) is 9.01. The molecule has 0 amide bonds. The predicted octanol–water partition coefficient (Wildman–Crippen LogP) is 4.32. The van der Waals surface area contributed by atoms with Crippen molar-refractivity contribution in [3.05, 3.63) is 102 Å². The summed E-state index contributed by atoms with van der Waals surface area (Å²) in [5.41, 5.74) is 3.52. The zero-order valence-corrected chi connectivity index (χ0v) is 19.5. The summed E-state index contributed by atoms with van der Waals surface area (Å²) in [7, 11) is 2.73. The largest absolute Gasteiger partial charge is 0.469 e. The molecule has 3 aromatic carbocycles. The molecule has 0 unspecified atom stereocenters. The molecule has 0 spiro atoms. The summed E-state index contributed by atoms with van der Waals surface area (Å²) in [5.74, 6) is -1.83. The van der Waals surface area contributed by atoms with E-state index in [9.17, 15) is 9.59 Å². The van der Waals surface area contributed by atoms with Crippen molar-refractivity contribution in [1.29, 1.82) is 0 Å². The molecule has 0 aliphatic carbocycles. The molecule has 1 saturated heterocycles. The number of benzene rings is 3. The summed E-state index contributed by atoms with van der Waals surface area (Å²) in [6.45, 7) is 0. The quantitative estimate of drug-likeness (QED) is 0.414. The van der Waals surface area contributed by atoms with Crippen LogP contribution in [0.25, 0.3) is 11.0 Å². The highest BCUT2D eigenvalue weighted by atomic mass is 32.2. The van der Waals surface area contributed by atoms with E-state index in [-0.39, 0.29) is 0 Å². The van der Waals surface area contributed by atoms with Crippen LogP contribution in [0.15, 0.2) is 84.9 Å². The lowest BCUT2D eigenvalue weighted by Crippen LogP contribution is -2.51. The maximum atomic E-state index is 13.6. The molecule has 3 heterocycles. The normalized spacial score (nSPS) is 26.9. The van der Waals surface area contributed by atoms with E-state index in [2.05, 4.69) is 4.57 Å². The molecule has 6 rings (SSSR count). The number of rotatable bonds is 4. The number of ether oxygens (including phenoxy) is 2. The molecule has 1 fully saturated rings. The predicted molar refractivity (Wildman–Crippen MR) is 129 cm³/mol. The first-order chi connectivity index (χ1) is 16.6. The molecular formula is C27H22N2O4S. The molecule has 2 aliphatic heterocycles. The fourth-order valence-electron chi connectivity index (χ4n) is 5.76. The van der Waals surface area contributed by atoms with Crippen LogP contribution in [0.5, 0.6) is 0 Å². The molecule has 0 radical (unpaired) electrons. The van der Waals surface area contributed by atoms with Gasteiger partial charge in [-0.15, -0.1) is 11.8 Å². The van der Waals surface area contributed by atoms with Crippen molar-refractivity contribution >= 4 is 34.7 Å². The number of hydrogen-bond donors (Lipinski definition) is 0. The van der Waals surface area contributed by atoms with Crippen molar-refractivity contribution < 1.29 is 19.1 Å². The fraction of sp³-hybridized carbons (Fsp3) is 0.222. The average Bonchev–Trinajstić information content (AvgIpc) is 3.54. The van der Waals surface area contributed by atoms with Gasteiger partial charge in [0.1, 0.15) is 21.4 Å². The van der Waals surface area contributed by atoms with Gasteiger partial charge >= 0.3 is 11.9 Å². The number of methoxy groups -OCH3 is 2. The molecule has 0 N–H and O–H groups in total. The molecule has 4 atom stereocenters. The number of hydrogen-bond acceptors (Lipinski definition) is 6. The van der Waals surface area contributed by atoms with Gasteiger partial charge in [0, 0.05) is 0 Å². The van der Waals surface area contributed by atoms with E-state index in [1.165, 1.54) is 14.2 Å². The van der Waals surface area contributed by atoms with Crippen LogP contribution >= 0.6 is 11.8 Å². The molecule has 1 aromatic heterocycles. The molecular weight excluding hydrogens is 448 g/mol. The van der Waals surface area contributed by atoms with E-state index in [0.717, 1.165) is 28.0 Å². The van der Waals surface area contributed by atoms with Gasteiger partial charge < -0.3 is 14.0 Å². The molecule has 34 heavy (non-hydrogen) atoms. The van der Waals surface area contributed by atoms with Gasteiger partial charge in [-0.2, -0.15) is 0 Å². The summed E-state index contributed by atoms with van der Waals surface area (Å²) in [6, 6.07) is 27.5. The van der Waals surface area contributed by atoms with Crippen LogP contribution in [0.4, 0.5) is 0 Å². The van der Waals surface area contributed by atoms with Gasteiger partial charge in [0.25, 0.3) is 0 Å². The van der Waals surface area contributed by atoms with Crippen LogP contribution < -0.4 is 0 Å². The third kappa shape index (κ3) is 2.45. The number of carbonyl (C=O) groups is 2. The van der Waals surface area contributed by atoms with Gasteiger partial charge in [0.2, 0.25) is 0 Å². The Kier molecular flexibility index (Phi) is 4.61. The number of imidazole rings is 1. The molecule has 2 bridgehead atoms. The van der Waals surface area contributed by atoms with Crippen LogP contribution in [0, 0.1) is 11.8 Å². The van der Waals surface area contributed by atoms with Crippen LogP contribution in [0.1, 0.15) is 17.0 Å². The van der Waals surface area contributed by atoms with Crippen LogP contribution in [0.2, 0.25) is 0 Å². The Hall–Kier alpha value is -3.58. The van der Waals surface area contributed by atoms with Crippen molar-refractivity contribution in [1.82, 2.24) is 9.55 Å². The highest BCUT2D eigenvalue weighted by Crippen LogP contribution is 2.74. The maximum Gasteiger partial charge on any atom is 0.313 e. The summed E-state index contributed by atoms with van der Waals surface area (Å²) >= 11 is 1.59. The standard InChI is InChI=1S/C27H22N2O4S/c1-32-23(30)21-22(24(31)33-2)27(18-13-7-4-8-14-18)29-20-16-10-9-15-19(20)28-25(29)26(21,34-27)17-11-5-3-6-12-17/h3-16,21-22H,1-2H3/t21-,22+,26-,27-/m1/s1. The van der Waals surface area contributed by atoms with Crippen molar-refractivity contribution in [3.63, 3.8) is 0 Å². The van der Waals surface area contributed by atoms with Crippen molar-refractivity contribution in [2.24, 2.45) is 11.8 Å². The first kappa shape index (κ1) is 21.0. The van der Waals surface area contributed by atoms with Gasteiger partial charge in [0.05, 0.1) is 31.2 Å². The summed E-state index contributed by atoms with van der Waals surface area (Å²) < 4.78 is 11.9. The van der Waals surface area contributed by atoms with Gasteiger partial charge in [0.15, 0.2) is 0 Å². The minimum absolute atomic E-state index is 0.451. The second-order valence-electron chi connectivity index (χ2n) is 8.53. The third-order valence-electron chi connectivity index (χ3n) is 7.03. The number of nitrogens with zero attached hydrogens (tertiary/aromatic N) is 2. The van der Waals surface area contributed by atoms with Crippen molar-refractivity contribution in [2.45, 2.75) is 9.62 Å². The Bertz CT molecular complexity index is 1420. The minimum atomic E-state index is -0.950. The Morgan fingerprint density at radius 3 is 2.00 bits per heavy atom. The maximum absolute atomic E-state index is 13.6. The first-order valence-electron chi connectivity index (χ1n) is 11.0. The monoisotopic (exact) mass is 470 g/mol. The Morgan fingerprint density at radius 2 is 1.35 bits per heavy atom. The summed E-state index contributed by atoms with van der Waals surface area (Å²) in [6.07, 6.45) is 0. The van der Waals surface area contributed by atoms with Crippen LogP contribution in [-0.4, -0.2) is 35.7 Å². The van der Waals surface area contributed by atoms with Gasteiger partial charge in [-0.1, -0.05) is 72.8 Å². The zero-order chi connectivity index (χ0) is 23.5. The van der Waals surface area contributed by atoms with Gasteiger partial charge in [-0.25, -0.2) is 4.98 Å². The Morgan fingerprint density at radius 1 is 0.794 bits per heavy atom. The lowest BCUT2D eigenvalue weighted by molar-refractivity contribution is -0.161. The fourth-order valence-corrected chi connectivity index (χ4v) is 7.99. The van der Waals surface area contributed by atoms with Gasteiger partial charge in [-0.3, -0.25) is 9.59 Å². The van der Waals surface area contributed by atoms with Crippen molar-refractivity contribution in [3.8, 4) is 0 Å². The number of aromatic nitrogens is 2. The smallest absolute Gasteiger partial charge is 0.313 e. The first-order valence-corrected chi connectivity index (χ1v) is 11.9. The summed E-state index contributed by atoms with van der Waals surface area (Å²) in [4.78, 5) is 31.2. The van der Waals surface area contributed by atoms with E-state index >= 15 is 0 Å². The lowest BCUT2D eigenvalue weighted by atomic mass is 9.70. The van der Waals surface area contributed by atoms with E-state index in [1.807, 2.05) is 84.9 Å². The molecule has 7 heteroatoms. The van der Waals surface area contributed by atoms with Crippen molar-refractivity contribution in [2.75, 3.05) is 14.2 Å². The number of thioether (sulfide) groups is 1. The second-order valence-corrected chi connectivity index (χ2v) is 10.00. The second kappa shape index (κ2) is 7.46. The van der Waals surface area contributed by atoms with E-state index in [1.54, 1.807) is 11.8 Å². The van der Waals surface area contributed by atoms with Crippen LogP contribution in [-0.2, 0) is 28.7 Å². The number of esters is 2. The molecule has 170 valence electrons. The average molecular weight is 471 g/mol. The number of carbonyl (C=O) groups excluding carboxylic acids is 2. The minimum Gasteiger partial charge on any atom is -0.469 e. The van der Waals surface area contributed by atoms with Gasteiger partial charge in [-0.05, 0) is 23.3 Å². The highest BCUT2D eigenvalue weighted by molar-refractivity contribution is 8.02. The molecule has 2 aliphatic rings. The van der Waals surface area contributed by atoms with E-state index in [4.69, 9.17) is 14.5 Å². The topological polar surface area (TPSA) is 70.4 Å². The van der Waals surface area contributed by atoms with E-state index in [0.29, 0.717) is 0 Å². The summed E-state index contributed by atoms with van der Waals surface area (Å²) in [5, 5.41) is 0. The number of fused-ring (bicyclic) bond motifs is 7. The van der Waals surface area contributed by atoms with E-state index < -0.39 is 33.4 Å². The van der Waals surface area contributed by atoms with Crippen LogP contribution in [0.3, 0.4) is 0 Å². The molecule has 6 nitrogen and oxygen atoms in total. The molecule has 4 aromatic rings. The number of para-hydroxylation sites is 2.